The van der Waals surface area contributed by atoms with Crippen LogP contribution in [0.1, 0.15) is 11.1 Å². The zero-order valence-corrected chi connectivity index (χ0v) is 10.2. The number of nitrogens with zero attached hydrogens (tertiary/aromatic N) is 2. The molecule has 3 N–H and O–H groups in total. The summed E-state index contributed by atoms with van der Waals surface area (Å²) in [5, 5.41) is 10.8. The third-order valence-corrected chi connectivity index (χ3v) is 2.58. The van der Waals surface area contributed by atoms with Crippen molar-refractivity contribution < 1.29 is 4.39 Å². The van der Waals surface area contributed by atoms with Crippen LogP contribution in [0.4, 0.5) is 10.2 Å². The lowest BCUT2D eigenvalue weighted by atomic mass is 10.2. The van der Waals surface area contributed by atoms with E-state index in [0.717, 1.165) is 5.56 Å². The highest BCUT2D eigenvalue weighted by Gasteiger charge is 2.06. The largest absolute Gasteiger partial charge is 0.389 e. The monoisotopic (exact) mass is 262 g/mol. The van der Waals surface area contributed by atoms with Gasteiger partial charge < -0.3 is 11.1 Å². The summed E-state index contributed by atoms with van der Waals surface area (Å²) in [5.41, 5.74) is 7.15. The van der Waals surface area contributed by atoms with E-state index < -0.39 is 0 Å². The van der Waals surface area contributed by atoms with Gasteiger partial charge in [-0.05, 0) is 23.8 Å². The average Bonchev–Trinajstić information content (AvgIpc) is 2.38. The van der Waals surface area contributed by atoms with Gasteiger partial charge >= 0.3 is 0 Å². The van der Waals surface area contributed by atoms with Crippen LogP contribution in [0, 0.1) is 5.82 Å². The van der Waals surface area contributed by atoms with Crippen LogP contribution in [-0.2, 0) is 6.54 Å². The Morgan fingerprint density at radius 3 is 2.67 bits per heavy atom. The van der Waals surface area contributed by atoms with Gasteiger partial charge in [-0.25, -0.2) is 4.39 Å². The molecule has 1 aromatic carbocycles. The summed E-state index contributed by atoms with van der Waals surface area (Å²) in [4.78, 5) is 0.256. The van der Waals surface area contributed by atoms with Crippen molar-refractivity contribution in [2.45, 2.75) is 6.54 Å². The molecule has 92 valence electrons. The van der Waals surface area contributed by atoms with Gasteiger partial charge in [0.15, 0.2) is 5.82 Å². The topological polar surface area (TPSA) is 63.8 Å². The first-order valence-electron chi connectivity index (χ1n) is 5.26. The van der Waals surface area contributed by atoms with E-state index in [1.807, 2.05) is 0 Å². The van der Waals surface area contributed by atoms with Crippen molar-refractivity contribution in [1.29, 1.82) is 0 Å². The van der Waals surface area contributed by atoms with E-state index >= 15 is 0 Å². The van der Waals surface area contributed by atoms with Gasteiger partial charge in [0.1, 0.15) is 10.8 Å². The van der Waals surface area contributed by atoms with Gasteiger partial charge in [0.05, 0.1) is 11.8 Å². The Morgan fingerprint density at radius 1 is 1.28 bits per heavy atom. The van der Waals surface area contributed by atoms with Crippen LogP contribution >= 0.6 is 12.2 Å². The summed E-state index contributed by atoms with van der Waals surface area (Å²) in [6, 6.07) is 7.89. The maximum absolute atomic E-state index is 12.7. The first-order chi connectivity index (χ1) is 8.66. The third kappa shape index (κ3) is 2.98. The average molecular weight is 262 g/mol. The Labute approximate surface area is 109 Å². The van der Waals surface area contributed by atoms with E-state index in [0.29, 0.717) is 17.9 Å². The van der Waals surface area contributed by atoms with E-state index in [-0.39, 0.29) is 10.8 Å². The molecule has 6 heteroatoms. The fourth-order valence-electron chi connectivity index (χ4n) is 1.45. The minimum atomic E-state index is -0.262. The van der Waals surface area contributed by atoms with Crippen LogP contribution in [0.3, 0.4) is 0 Å². The number of anilines is 1. The Balaban J connectivity index is 2.10. The van der Waals surface area contributed by atoms with Crippen molar-refractivity contribution in [3.05, 3.63) is 53.5 Å². The minimum Gasteiger partial charge on any atom is -0.389 e. The number of halogens is 1. The molecule has 0 atom stereocenters. The minimum absolute atomic E-state index is 0.256. The van der Waals surface area contributed by atoms with E-state index in [2.05, 4.69) is 15.5 Å². The predicted octanol–water partition coefficient (Wildman–Crippen LogP) is 1.86. The molecule has 0 spiro atoms. The fraction of sp³-hybridized carbons (Fsp3) is 0.0833. The predicted molar refractivity (Wildman–Crippen MR) is 71.6 cm³/mol. The molecule has 0 bridgehead atoms. The van der Waals surface area contributed by atoms with Crippen LogP contribution < -0.4 is 11.1 Å². The van der Waals surface area contributed by atoms with Crippen molar-refractivity contribution in [3.8, 4) is 0 Å². The van der Waals surface area contributed by atoms with E-state index in [1.54, 1.807) is 18.2 Å². The number of nitrogens with two attached hydrogens (primary N) is 1. The first kappa shape index (κ1) is 12.4. The second-order valence-corrected chi connectivity index (χ2v) is 4.08. The highest BCUT2D eigenvalue weighted by Crippen LogP contribution is 2.12. The SMILES string of the molecule is NC(=S)c1ccnnc1NCc1ccc(F)cc1. The number of hydrogen-bond acceptors (Lipinski definition) is 4. The normalized spacial score (nSPS) is 10.1. The molecule has 0 radical (unpaired) electrons. The van der Waals surface area contributed by atoms with Crippen molar-refractivity contribution in [2.75, 3.05) is 5.32 Å². The summed E-state index contributed by atoms with van der Waals surface area (Å²) in [5.74, 6) is 0.261. The van der Waals surface area contributed by atoms with Crippen molar-refractivity contribution in [1.82, 2.24) is 10.2 Å². The summed E-state index contributed by atoms with van der Waals surface area (Å²) < 4.78 is 12.7. The van der Waals surface area contributed by atoms with Gasteiger partial charge in [-0.15, -0.1) is 5.10 Å². The standard InChI is InChI=1S/C12H11FN4S/c13-9-3-1-8(2-4-9)7-15-12-10(11(14)18)5-6-16-17-12/h1-6H,7H2,(H2,14,18)(H,15,17). The van der Waals surface area contributed by atoms with Crippen LogP contribution in [0.2, 0.25) is 0 Å². The van der Waals surface area contributed by atoms with E-state index in [1.165, 1.54) is 18.3 Å². The first-order valence-corrected chi connectivity index (χ1v) is 5.67. The van der Waals surface area contributed by atoms with Crippen molar-refractivity contribution in [3.63, 3.8) is 0 Å². The van der Waals surface area contributed by atoms with Crippen LogP contribution in [0.25, 0.3) is 0 Å². The molecule has 2 aromatic rings. The van der Waals surface area contributed by atoms with Crippen LogP contribution in [0.15, 0.2) is 36.5 Å². The molecule has 1 aromatic heterocycles. The lowest BCUT2D eigenvalue weighted by Crippen LogP contribution is -2.14. The molecular weight excluding hydrogens is 251 g/mol. The van der Waals surface area contributed by atoms with Gasteiger partial charge in [0, 0.05) is 6.54 Å². The number of nitrogens with one attached hydrogen (secondary N) is 1. The Morgan fingerprint density at radius 2 is 2.00 bits per heavy atom. The lowest BCUT2D eigenvalue weighted by molar-refractivity contribution is 0.627. The smallest absolute Gasteiger partial charge is 0.159 e. The van der Waals surface area contributed by atoms with E-state index in [9.17, 15) is 4.39 Å². The van der Waals surface area contributed by atoms with Gasteiger partial charge in [-0.1, -0.05) is 24.4 Å². The highest BCUT2D eigenvalue weighted by molar-refractivity contribution is 7.80. The summed E-state index contributed by atoms with van der Waals surface area (Å²) >= 11 is 4.92. The quantitative estimate of drug-likeness (QED) is 0.823. The Hall–Kier alpha value is -2.08. The Kier molecular flexibility index (Phi) is 3.78. The van der Waals surface area contributed by atoms with Crippen molar-refractivity contribution >= 4 is 23.0 Å². The molecular formula is C12H11FN4S. The maximum Gasteiger partial charge on any atom is 0.159 e. The van der Waals surface area contributed by atoms with Crippen LogP contribution in [0.5, 0.6) is 0 Å². The van der Waals surface area contributed by atoms with Gasteiger partial charge in [0.25, 0.3) is 0 Å². The Bertz CT molecular complexity index is 556. The molecule has 0 aliphatic rings. The second kappa shape index (κ2) is 5.50. The number of thiocarbonyl (C=S) groups is 1. The molecule has 0 aliphatic carbocycles. The molecule has 0 saturated heterocycles. The maximum atomic E-state index is 12.7. The summed E-state index contributed by atoms with van der Waals surface area (Å²) in [6.07, 6.45) is 1.53. The lowest BCUT2D eigenvalue weighted by Gasteiger charge is -2.08. The van der Waals surface area contributed by atoms with Gasteiger partial charge in [-0.2, -0.15) is 5.10 Å². The molecule has 0 saturated carbocycles. The molecule has 0 fully saturated rings. The zero-order chi connectivity index (χ0) is 13.0. The fourth-order valence-corrected chi connectivity index (χ4v) is 1.61. The molecule has 0 unspecified atom stereocenters. The number of rotatable bonds is 4. The van der Waals surface area contributed by atoms with E-state index in [4.69, 9.17) is 18.0 Å². The molecule has 2 rings (SSSR count). The molecule has 0 amide bonds. The van der Waals surface area contributed by atoms with Gasteiger partial charge in [-0.3, -0.25) is 0 Å². The number of hydrogen-bond donors (Lipinski definition) is 2. The molecule has 4 nitrogen and oxygen atoms in total. The summed E-state index contributed by atoms with van der Waals surface area (Å²) in [6.45, 7) is 0.495. The zero-order valence-electron chi connectivity index (χ0n) is 9.43. The molecule has 0 aliphatic heterocycles. The number of aromatic nitrogens is 2. The molecule has 18 heavy (non-hydrogen) atoms. The van der Waals surface area contributed by atoms with Crippen molar-refractivity contribution in [2.24, 2.45) is 5.73 Å². The van der Waals surface area contributed by atoms with Gasteiger partial charge in [0.2, 0.25) is 0 Å². The highest BCUT2D eigenvalue weighted by atomic mass is 32.1. The second-order valence-electron chi connectivity index (χ2n) is 3.64. The number of benzene rings is 1. The molecule has 1 heterocycles. The third-order valence-electron chi connectivity index (χ3n) is 2.36. The summed E-state index contributed by atoms with van der Waals surface area (Å²) in [7, 11) is 0. The van der Waals surface area contributed by atoms with Crippen LogP contribution in [-0.4, -0.2) is 15.2 Å².